The third kappa shape index (κ3) is 5.74. The van der Waals surface area contributed by atoms with Crippen molar-refractivity contribution in [2.24, 2.45) is 5.92 Å². The first-order valence-corrected chi connectivity index (χ1v) is 13.3. The Morgan fingerprint density at radius 1 is 1.31 bits per heavy atom. The van der Waals surface area contributed by atoms with Crippen molar-refractivity contribution in [1.82, 2.24) is 19.8 Å². The van der Waals surface area contributed by atoms with E-state index in [0.717, 1.165) is 25.9 Å². The molecule has 3 heterocycles. The van der Waals surface area contributed by atoms with Crippen LogP contribution < -0.4 is 20.7 Å². The number of carbonyl (C=O) groups is 1. The molecule has 2 fully saturated rings. The van der Waals surface area contributed by atoms with Gasteiger partial charge in [0.2, 0.25) is 0 Å². The predicted octanol–water partition coefficient (Wildman–Crippen LogP) is 4.28. The van der Waals surface area contributed by atoms with Crippen LogP contribution in [0.3, 0.4) is 0 Å². The smallest absolute Gasteiger partial charge is 0.446 e. The van der Waals surface area contributed by atoms with Crippen LogP contribution in [0.15, 0.2) is 41.3 Å². The van der Waals surface area contributed by atoms with Gasteiger partial charge in [0.15, 0.2) is 0 Å². The average molecular weight is 559 g/mol. The molecule has 0 radical (unpaired) electrons. The van der Waals surface area contributed by atoms with E-state index in [0.29, 0.717) is 34.3 Å². The lowest BCUT2D eigenvalue weighted by atomic mass is 10.1. The Labute approximate surface area is 228 Å². The third-order valence-electron chi connectivity index (χ3n) is 7.18. The van der Waals surface area contributed by atoms with Gasteiger partial charge < -0.3 is 25.6 Å². The van der Waals surface area contributed by atoms with Crippen LogP contribution in [-0.4, -0.2) is 72.3 Å². The zero-order chi connectivity index (χ0) is 27.8. The summed E-state index contributed by atoms with van der Waals surface area (Å²) >= 11 is -0.204. The number of anilines is 2. The fourth-order valence-electron chi connectivity index (χ4n) is 5.09. The van der Waals surface area contributed by atoms with Gasteiger partial charge in [0, 0.05) is 31.2 Å². The topological polar surface area (TPSA) is 82.9 Å². The maximum atomic E-state index is 13.5. The number of ether oxygens (including phenoxy) is 1. The molecular weight excluding hydrogens is 529 g/mol. The number of piperidine rings is 1. The third-order valence-corrected chi connectivity index (χ3v) is 8.01. The second kappa shape index (κ2) is 10.5. The molecule has 1 aliphatic carbocycles. The van der Waals surface area contributed by atoms with Crippen LogP contribution in [0.5, 0.6) is 5.75 Å². The number of methoxy groups -OCH3 is 1. The van der Waals surface area contributed by atoms with Gasteiger partial charge in [-0.2, -0.15) is 18.3 Å². The summed E-state index contributed by atoms with van der Waals surface area (Å²) in [5.74, 6) is 7.08. The number of carbonyl (C=O) groups excluding carboxylic acids is 1. The molecule has 12 heteroatoms. The highest BCUT2D eigenvalue weighted by Gasteiger charge is 2.56. The number of halogens is 3. The molecule has 1 saturated carbocycles. The first-order valence-electron chi connectivity index (χ1n) is 12.5. The van der Waals surface area contributed by atoms with Gasteiger partial charge in [-0.15, -0.1) is 0 Å². The first-order chi connectivity index (χ1) is 18.6. The van der Waals surface area contributed by atoms with E-state index in [1.807, 2.05) is 6.07 Å². The van der Waals surface area contributed by atoms with Crippen LogP contribution >= 0.6 is 11.8 Å². The Morgan fingerprint density at radius 2 is 2.13 bits per heavy atom. The van der Waals surface area contributed by atoms with E-state index in [9.17, 15) is 18.0 Å². The molecule has 2 aromatic heterocycles. The maximum Gasteiger partial charge on any atom is 0.446 e. The number of thioether (sulfide) groups is 1. The minimum Gasteiger partial charge on any atom is -0.495 e. The minimum absolute atomic E-state index is 0.0283. The molecule has 1 amide bonds. The van der Waals surface area contributed by atoms with Crippen molar-refractivity contribution < 1.29 is 22.7 Å². The number of nitrogens with zero attached hydrogens (tertiary/aromatic N) is 3. The molecule has 5 rings (SSSR count). The second-order valence-electron chi connectivity index (χ2n) is 9.78. The summed E-state index contributed by atoms with van der Waals surface area (Å²) < 4.78 is 47.4. The van der Waals surface area contributed by atoms with Gasteiger partial charge in [-0.25, -0.2) is 4.52 Å². The van der Waals surface area contributed by atoms with Gasteiger partial charge in [-0.05, 0) is 73.8 Å². The predicted molar refractivity (Wildman–Crippen MR) is 145 cm³/mol. The number of alkyl halides is 3. The van der Waals surface area contributed by atoms with E-state index in [1.54, 1.807) is 30.3 Å². The minimum atomic E-state index is -4.49. The van der Waals surface area contributed by atoms with Gasteiger partial charge in [0.05, 0.1) is 29.8 Å². The van der Waals surface area contributed by atoms with Crippen molar-refractivity contribution in [2.45, 2.75) is 28.8 Å². The molecule has 2 unspecified atom stereocenters. The van der Waals surface area contributed by atoms with Crippen LogP contribution in [0, 0.1) is 17.8 Å². The van der Waals surface area contributed by atoms with Gasteiger partial charge >= 0.3 is 5.51 Å². The molecule has 8 nitrogen and oxygen atoms in total. The number of hydrogen-bond donors (Lipinski definition) is 3. The van der Waals surface area contributed by atoms with Crippen LogP contribution in [0.25, 0.3) is 5.52 Å². The van der Waals surface area contributed by atoms with Crippen molar-refractivity contribution in [3.05, 3.63) is 47.7 Å². The summed E-state index contributed by atoms with van der Waals surface area (Å²) in [5.41, 5.74) is -3.08. The standard InChI is InChI=1S/C27H29F3N6O2S/c1-31-25(37)17-9-10-19(22(14-17)38-3)32-12-5-6-20-24(39-27(28,29)30)21-7-4-8-23(36(21)34-20)33-26-11-13-35(2)16-18(26)15-26/h4,7-10,14,18,32-33H,11-13,15-16H2,1-3H3,(H,31,37). The number of rotatable bonds is 7. The molecular formula is C27H29F3N6O2S. The Balaban J connectivity index is 1.40. The molecule has 1 aliphatic heterocycles. The fourth-order valence-corrected chi connectivity index (χ4v) is 5.76. The molecule has 3 N–H and O–H groups in total. The molecule has 0 spiro atoms. The highest BCUT2D eigenvalue weighted by Crippen LogP contribution is 2.51. The number of hydrogen-bond acceptors (Lipinski definition) is 7. The lowest BCUT2D eigenvalue weighted by Gasteiger charge is -2.30. The van der Waals surface area contributed by atoms with Gasteiger partial charge in [0.25, 0.3) is 5.91 Å². The summed E-state index contributed by atoms with van der Waals surface area (Å²) in [4.78, 5) is 14.2. The van der Waals surface area contributed by atoms with Gasteiger partial charge in [0.1, 0.15) is 17.3 Å². The summed E-state index contributed by atoms with van der Waals surface area (Å²) in [5, 5.41) is 13.7. The number of pyridine rings is 1. The van der Waals surface area contributed by atoms with Crippen LogP contribution in [-0.2, 0) is 0 Å². The van der Waals surface area contributed by atoms with Gasteiger partial charge in [-0.1, -0.05) is 12.0 Å². The molecule has 2 aliphatic rings. The van der Waals surface area contributed by atoms with Crippen molar-refractivity contribution >= 4 is 34.7 Å². The Morgan fingerprint density at radius 3 is 2.85 bits per heavy atom. The number of nitrogens with one attached hydrogen (secondary N) is 3. The van der Waals surface area contributed by atoms with Crippen LogP contribution in [0.4, 0.5) is 24.7 Å². The zero-order valence-corrected chi connectivity index (χ0v) is 22.6. The quantitative estimate of drug-likeness (QED) is 0.295. The second-order valence-corrected chi connectivity index (χ2v) is 10.9. The van der Waals surface area contributed by atoms with Crippen molar-refractivity contribution in [1.29, 1.82) is 0 Å². The number of benzene rings is 1. The van der Waals surface area contributed by atoms with Crippen molar-refractivity contribution in [2.75, 3.05) is 51.5 Å². The highest BCUT2D eigenvalue weighted by molar-refractivity contribution is 8.00. The van der Waals surface area contributed by atoms with Crippen LogP contribution in [0.1, 0.15) is 28.9 Å². The maximum absolute atomic E-state index is 13.5. The zero-order valence-electron chi connectivity index (χ0n) is 21.8. The fraction of sp³-hybridized carbons (Fsp3) is 0.407. The van der Waals surface area contributed by atoms with E-state index in [-0.39, 0.29) is 40.3 Å². The number of fused-ring (bicyclic) bond motifs is 2. The normalized spacial score (nSPS) is 20.5. The molecule has 2 atom stereocenters. The monoisotopic (exact) mass is 558 g/mol. The first kappa shape index (κ1) is 27.0. The largest absolute Gasteiger partial charge is 0.495 e. The van der Waals surface area contributed by atoms with E-state index in [2.05, 4.69) is 44.8 Å². The van der Waals surface area contributed by atoms with E-state index in [4.69, 9.17) is 4.74 Å². The molecule has 3 aromatic rings. The lowest BCUT2D eigenvalue weighted by Crippen LogP contribution is -2.39. The molecule has 1 saturated heterocycles. The summed E-state index contributed by atoms with van der Waals surface area (Å²) in [6.45, 7) is 2.10. The van der Waals surface area contributed by atoms with E-state index < -0.39 is 5.51 Å². The SMILES string of the molecule is CNC(=O)c1ccc(NCC#Cc2nn3c(NC45CCN(C)CC4C5)cccc3c2SC(F)(F)F)c(OC)c1. The van der Waals surface area contributed by atoms with Crippen molar-refractivity contribution in [3.63, 3.8) is 0 Å². The summed E-state index contributed by atoms with van der Waals surface area (Å²) in [7, 11) is 5.13. The average Bonchev–Trinajstić information content (AvgIpc) is 3.50. The lowest BCUT2D eigenvalue weighted by molar-refractivity contribution is -0.0327. The number of aromatic nitrogens is 2. The van der Waals surface area contributed by atoms with E-state index in [1.165, 1.54) is 18.7 Å². The Bertz CT molecular complexity index is 1460. The van der Waals surface area contributed by atoms with Crippen molar-refractivity contribution in [3.8, 4) is 17.6 Å². The number of likely N-dealkylation sites (tertiary alicyclic amines) is 1. The highest BCUT2D eigenvalue weighted by atomic mass is 32.2. The molecule has 206 valence electrons. The summed E-state index contributed by atoms with van der Waals surface area (Å²) in [6.07, 6.45) is 2.01. The number of amides is 1. The molecule has 0 bridgehead atoms. The van der Waals surface area contributed by atoms with Crippen LogP contribution in [0.2, 0.25) is 0 Å². The Hall–Kier alpha value is -3.56. The summed E-state index contributed by atoms with van der Waals surface area (Å²) in [6, 6.07) is 10.1. The molecule has 39 heavy (non-hydrogen) atoms. The molecule has 1 aromatic carbocycles. The van der Waals surface area contributed by atoms with Gasteiger partial charge in [-0.3, -0.25) is 4.79 Å². The van der Waals surface area contributed by atoms with E-state index >= 15 is 0 Å². The Kier molecular flexibility index (Phi) is 7.31.